The van der Waals surface area contributed by atoms with Crippen molar-refractivity contribution >= 4 is 29.4 Å². The molecular weight excluding hydrogens is 372 g/mol. The SMILES string of the molecule is Cc1cc(C)c(NC(=O)[C@H](C)OC(=O)CN2C(=O)[C@H]3CC=CC[C@@H]3C2=O)c(C)c1. The van der Waals surface area contributed by atoms with Crippen LogP contribution >= 0.6 is 0 Å². The van der Waals surface area contributed by atoms with Crippen LogP contribution in [0.15, 0.2) is 24.3 Å². The summed E-state index contributed by atoms with van der Waals surface area (Å²) in [4.78, 5) is 50.6. The summed E-state index contributed by atoms with van der Waals surface area (Å²) < 4.78 is 5.19. The Morgan fingerprint density at radius 3 is 2.10 bits per heavy atom. The number of imide groups is 1. The molecule has 7 nitrogen and oxygen atoms in total. The van der Waals surface area contributed by atoms with Crippen LogP contribution in [0, 0.1) is 32.6 Å². The van der Waals surface area contributed by atoms with Crippen LogP contribution in [0.5, 0.6) is 0 Å². The molecular formula is C22H26N2O5. The van der Waals surface area contributed by atoms with E-state index in [-0.39, 0.29) is 11.8 Å². The zero-order valence-electron chi connectivity index (χ0n) is 17.2. The van der Waals surface area contributed by atoms with Gasteiger partial charge in [0.2, 0.25) is 11.8 Å². The molecule has 154 valence electrons. The lowest BCUT2D eigenvalue weighted by molar-refractivity contribution is -0.158. The molecule has 3 rings (SSSR count). The minimum Gasteiger partial charge on any atom is -0.451 e. The second-order valence-electron chi connectivity index (χ2n) is 7.81. The van der Waals surface area contributed by atoms with Gasteiger partial charge in [0.1, 0.15) is 6.54 Å². The summed E-state index contributed by atoms with van der Waals surface area (Å²) in [7, 11) is 0. The highest BCUT2D eigenvalue weighted by atomic mass is 16.5. The van der Waals surface area contributed by atoms with Crippen LogP contribution in [0.3, 0.4) is 0 Å². The zero-order chi connectivity index (χ0) is 21.3. The quantitative estimate of drug-likeness (QED) is 0.467. The molecule has 0 aromatic heterocycles. The maximum Gasteiger partial charge on any atom is 0.326 e. The maximum atomic E-state index is 12.5. The first kappa shape index (κ1) is 20.8. The van der Waals surface area contributed by atoms with E-state index in [0.717, 1.165) is 21.6 Å². The van der Waals surface area contributed by atoms with E-state index < -0.39 is 36.4 Å². The van der Waals surface area contributed by atoms with E-state index in [0.29, 0.717) is 18.5 Å². The predicted molar refractivity (Wildman–Crippen MR) is 107 cm³/mol. The van der Waals surface area contributed by atoms with Gasteiger partial charge in [-0.05, 0) is 51.7 Å². The van der Waals surface area contributed by atoms with Gasteiger partial charge < -0.3 is 10.1 Å². The maximum absolute atomic E-state index is 12.5. The molecule has 1 aromatic rings. The Morgan fingerprint density at radius 2 is 1.59 bits per heavy atom. The third-order valence-electron chi connectivity index (χ3n) is 5.49. The van der Waals surface area contributed by atoms with Crippen LogP contribution in [-0.2, 0) is 23.9 Å². The number of likely N-dealkylation sites (tertiary alicyclic amines) is 1. The molecule has 1 heterocycles. The van der Waals surface area contributed by atoms with Crippen LogP contribution in [0.4, 0.5) is 5.69 Å². The largest absolute Gasteiger partial charge is 0.451 e. The van der Waals surface area contributed by atoms with Gasteiger partial charge in [0, 0.05) is 5.69 Å². The average Bonchev–Trinajstić information content (AvgIpc) is 2.89. The van der Waals surface area contributed by atoms with Crippen LogP contribution in [-0.4, -0.2) is 41.2 Å². The number of benzene rings is 1. The van der Waals surface area contributed by atoms with E-state index in [1.165, 1.54) is 6.92 Å². The van der Waals surface area contributed by atoms with Crippen molar-refractivity contribution in [1.82, 2.24) is 4.90 Å². The van der Waals surface area contributed by atoms with E-state index in [1.54, 1.807) is 0 Å². The number of ether oxygens (including phenoxy) is 1. The number of anilines is 1. The monoisotopic (exact) mass is 398 g/mol. The first-order chi connectivity index (χ1) is 13.7. The number of esters is 1. The summed E-state index contributed by atoms with van der Waals surface area (Å²) in [6.45, 7) is 6.76. The van der Waals surface area contributed by atoms with Gasteiger partial charge in [-0.25, -0.2) is 0 Å². The number of hydrogen-bond donors (Lipinski definition) is 1. The lowest BCUT2D eigenvalue weighted by Crippen LogP contribution is -2.39. The summed E-state index contributed by atoms with van der Waals surface area (Å²) in [6.07, 6.45) is 3.73. The molecule has 3 amide bonds. The molecule has 1 saturated heterocycles. The number of carbonyl (C=O) groups excluding carboxylic acids is 4. The molecule has 0 bridgehead atoms. The number of aryl methyl sites for hydroxylation is 3. The van der Waals surface area contributed by atoms with E-state index in [2.05, 4.69) is 5.32 Å². The van der Waals surface area contributed by atoms with Gasteiger partial charge in [0.15, 0.2) is 6.10 Å². The molecule has 1 aliphatic carbocycles. The molecule has 7 heteroatoms. The standard InChI is InChI=1S/C22H26N2O5/c1-12-9-13(2)19(14(3)10-12)23-20(26)15(4)29-18(25)11-24-21(27)16-7-5-6-8-17(16)22(24)28/h5-6,9-10,15-17H,7-8,11H2,1-4H3,(H,23,26)/t15-,16-,17-/m0/s1. The minimum absolute atomic E-state index is 0.343. The van der Waals surface area contributed by atoms with Gasteiger partial charge in [-0.15, -0.1) is 0 Å². The van der Waals surface area contributed by atoms with Crippen LogP contribution in [0.1, 0.15) is 36.5 Å². The number of carbonyl (C=O) groups is 4. The molecule has 3 atom stereocenters. The number of allylic oxidation sites excluding steroid dienone is 2. The fraction of sp³-hybridized carbons (Fsp3) is 0.455. The fourth-order valence-corrected chi connectivity index (χ4v) is 4.04. The van der Waals surface area contributed by atoms with Gasteiger partial charge in [-0.3, -0.25) is 24.1 Å². The Bertz CT molecular complexity index is 855. The average molecular weight is 398 g/mol. The lowest BCUT2D eigenvalue weighted by Gasteiger charge is -2.18. The van der Waals surface area contributed by atoms with Gasteiger partial charge in [-0.2, -0.15) is 0 Å². The van der Waals surface area contributed by atoms with Crippen molar-refractivity contribution in [3.8, 4) is 0 Å². The Kier molecular flexibility index (Phi) is 5.86. The molecule has 29 heavy (non-hydrogen) atoms. The summed E-state index contributed by atoms with van der Waals surface area (Å²) in [5, 5.41) is 2.79. The third-order valence-corrected chi connectivity index (χ3v) is 5.49. The van der Waals surface area contributed by atoms with Gasteiger partial charge >= 0.3 is 5.97 Å². The number of nitrogens with zero attached hydrogens (tertiary/aromatic N) is 1. The van der Waals surface area contributed by atoms with Gasteiger partial charge in [-0.1, -0.05) is 29.8 Å². The Labute approximate surface area is 170 Å². The minimum atomic E-state index is -1.06. The highest BCUT2D eigenvalue weighted by Crippen LogP contribution is 2.34. The first-order valence-corrected chi connectivity index (χ1v) is 9.77. The number of nitrogens with one attached hydrogen (secondary N) is 1. The summed E-state index contributed by atoms with van der Waals surface area (Å²) in [5.41, 5.74) is 3.61. The van der Waals surface area contributed by atoms with Crippen molar-refractivity contribution in [2.24, 2.45) is 11.8 Å². The molecule has 1 fully saturated rings. The number of hydrogen-bond acceptors (Lipinski definition) is 5. The van der Waals surface area contributed by atoms with E-state index in [1.807, 2.05) is 45.1 Å². The van der Waals surface area contributed by atoms with E-state index in [9.17, 15) is 19.2 Å². The fourth-order valence-electron chi connectivity index (χ4n) is 4.04. The number of fused-ring (bicyclic) bond motifs is 1. The van der Waals surface area contributed by atoms with Crippen molar-refractivity contribution in [3.05, 3.63) is 41.0 Å². The third kappa shape index (κ3) is 4.23. The molecule has 0 radical (unpaired) electrons. The van der Waals surface area contributed by atoms with Crippen molar-refractivity contribution in [3.63, 3.8) is 0 Å². The molecule has 1 aromatic carbocycles. The van der Waals surface area contributed by atoms with Gasteiger partial charge in [0.05, 0.1) is 11.8 Å². The highest BCUT2D eigenvalue weighted by molar-refractivity contribution is 6.07. The Balaban J connectivity index is 1.59. The van der Waals surface area contributed by atoms with Crippen molar-refractivity contribution in [2.45, 2.75) is 46.6 Å². The van der Waals surface area contributed by atoms with Crippen molar-refractivity contribution in [2.75, 3.05) is 11.9 Å². The van der Waals surface area contributed by atoms with E-state index in [4.69, 9.17) is 4.74 Å². The Hall–Kier alpha value is -2.96. The normalized spacial score (nSPS) is 21.7. The number of amides is 3. The highest BCUT2D eigenvalue weighted by Gasteiger charge is 2.47. The Morgan fingerprint density at radius 1 is 1.07 bits per heavy atom. The smallest absolute Gasteiger partial charge is 0.326 e. The van der Waals surface area contributed by atoms with Crippen LogP contribution in [0.2, 0.25) is 0 Å². The van der Waals surface area contributed by atoms with Crippen LogP contribution in [0.25, 0.3) is 0 Å². The predicted octanol–water partition coefficient (Wildman–Crippen LogP) is 2.43. The topological polar surface area (TPSA) is 92.8 Å². The van der Waals surface area contributed by atoms with Gasteiger partial charge in [0.25, 0.3) is 5.91 Å². The second kappa shape index (κ2) is 8.19. The molecule has 0 spiro atoms. The first-order valence-electron chi connectivity index (χ1n) is 9.77. The van der Waals surface area contributed by atoms with E-state index >= 15 is 0 Å². The summed E-state index contributed by atoms with van der Waals surface area (Å²) >= 11 is 0. The zero-order valence-corrected chi connectivity index (χ0v) is 17.2. The molecule has 1 N–H and O–H groups in total. The number of rotatable bonds is 5. The molecule has 1 aliphatic heterocycles. The molecule has 0 saturated carbocycles. The molecule has 0 unspecified atom stereocenters. The summed E-state index contributed by atoms with van der Waals surface area (Å²) in [5.74, 6) is -2.72. The van der Waals surface area contributed by atoms with Crippen molar-refractivity contribution < 1.29 is 23.9 Å². The summed E-state index contributed by atoms with van der Waals surface area (Å²) in [6, 6.07) is 3.91. The molecule has 2 aliphatic rings. The van der Waals surface area contributed by atoms with Crippen LogP contribution < -0.4 is 5.32 Å². The lowest BCUT2D eigenvalue weighted by atomic mass is 9.85. The van der Waals surface area contributed by atoms with Crippen molar-refractivity contribution in [1.29, 1.82) is 0 Å². The second-order valence-corrected chi connectivity index (χ2v) is 7.81.